The van der Waals surface area contributed by atoms with E-state index in [1.54, 1.807) is 49.6 Å². The van der Waals surface area contributed by atoms with Gasteiger partial charge >= 0.3 is 0 Å². The summed E-state index contributed by atoms with van der Waals surface area (Å²) in [5.74, 6) is 0.563. The van der Waals surface area contributed by atoms with Crippen molar-refractivity contribution >= 4 is 23.2 Å². The zero-order valence-corrected chi connectivity index (χ0v) is 15.5. The van der Waals surface area contributed by atoms with Gasteiger partial charge in [-0.15, -0.1) is 0 Å². The molecule has 1 N–H and O–H groups in total. The van der Waals surface area contributed by atoms with E-state index in [0.717, 1.165) is 0 Å². The highest BCUT2D eigenvalue weighted by Gasteiger charge is 2.17. The number of benzene rings is 2. The molecule has 7 heteroatoms. The topological polar surface area (TPSA) is 91.7 Å². The number of rotatable bonds is 7. The molecule has 0 aromatic heterocycles. The van der Waals surface area contributed by atoms with Crippen molar-refractivity contribution in [3.63, 3.8) is 0 Å². The highest BCUT2D eigenvalue weighted by Crippen LogP contribution is 2.29. The smallest absolute Gasteiger partial charge is 0.226 e. The highest BCUT2D eigenvalue weighted by atomic mass is 16.5. The maximum atomic E-state index is 12.3. The SMILES string of the molecule is COc1ccc(NC(=O)CCN(C(C)=O)c2ccccc2C#N)c(OC)c1. The van der Waals surface area contributed by atoms with Crippen molar-refractivity contribution in [3.05, 3.63) is 48.0 Å². The van der Waals surface area contributed by atoms with Crippen LogP contribution >= 0.6 is 0 Å². The lowest BCUT2D eigenvalue weighted by atomic mass is 10.1. The van der Waals surface area contributed by atoms with Gasteiger partial charge in [-0.2, -0.15) is 5.26 Å². The third-order valence-electron chi connectivity index (χ3n) is 3.94. The number of carbonyl (C=O) groups is 2. The van der Waals surface area contributed by atoms with E-state index in [1.807, 2.05) is 0 Å². The van der Waals surface area contributed by atoms with E-state index in [-0.39, 0.29) is 24.8 Å². The Kier molecular flexibility index (Phi) is 6.78. The van der Waals surface area contributed by atoms with Gasteiger partial charge < -0.3 is 19.7 Å². The van der Waals surface area contributed by atoms with Crippen LogP contribution in [0.1, 0.15) is 18.9 Å². The Morgan fingerprint density at radius 3 is 2.52 bits per heavy atom. The molecule has 0 atom stereocenters. The summed E-state index contributed by atoms with van der Waals surface area (Å²) in [5.41, 5.74) is 1.38. The molecule has 0 radical (unpaired) electrons. The summed E-state index contributed by atoms with van der Waals surface area (Å²) in [6, 6.07) is 13.9. The van der Waals surface area contributed by atoms with Gasteiger partial charge in [0, 0.05) is 26.0 Å². The normalized spacial score (nSPS) is 9.85. The van der Waals surface area contributed by atoms with E-state index in [9.17, 15) is 14.9 Å². The van der Waals surface area contributed by atoms with Gasteiger partial charge in [-0.3, -0.25) is 9.59 Å². The maximum Gasteiger partial charge on any atom is 0.226 e. The van der Waals surface area contributed by atoms with Crippen molar-refractivity contribution in [2.24, 2.45) is 0 Å². The third kappa shape index (κ3) is 4.98. The average Bonchev–Trinajstić information content (AvgIpc) is 2.68. The second-order valence-corrected chi connectivity index (χ2v) is 5.66. The molecule has 2 aromatic carbocycles. The first-order chi connectivity index (χ1) is 13.0. The van der Waals surface area contributed by atoms with Crippen LogP contribution in [0.25, 0.3) is 0 Å². The molecule has 2 rings (SSSR count). The Bertz CT molecular complexity index is 874. The predicted octanol–water partition coefficient (Wildman–Crippen LogP) is 2.96. The number of nitriles is 1. The first-order valence-corrected chi connectivity index (χ1v) is 8.29. The van der Waals surface area contributed by atoms with Crippen molar-refractivity contribution in [1.82, 2.24) is 0 Å². The van der Waals surface area contributed by atoms with Crippen LogP contribution in [0.4, 0.5) is 11.4 Å². The molecule has 0 aliphatic rings. The molecular formula is C20H21N3O4. The first-order valence-electron chi connectivity index (χ1n) is 8.29. The van der Waals surface area contributed by atoms with Gasteiger partial charge in [0.2, 0.25) is 11.8 Å². The minimum Gasteiger partial charge on any atom is -0.497 e. The Morgan fingerprint density at radius 1 is 1.15 bits per heavy atom. The molecule has 2 aromatic rings. The summed E-state index contributed by atoms with van der Waals surface area (Å²) in [6.07, 6.45) is 0.0640. The summed E-state index contributed by atoms with van der Waals surface area (Å²) in [4.78, 5) is 25.8. The molecule has 0 saturated carbocycles. The summed E-state index contributed by atoms with van der Waals surface area (Å²) in [6.45, 7) is 1.55. The van der Waals surface area contributed by atoms with Gasteiger partial charge in [0.25, 0.3) is 0 Å². The zero-order valence-electron chi connectivity index (χ0n) is 15.5. The summed E-state index contributed by atoms with van der Waals surface area (Å²) in [7, 11) is 3.04. The van der Waals surface area contributed by atoms with Gasteiger partial charge in [-0.05, 0) is 24.3 Å². The number of nitrogens with zero attached hydrogens (tertiary/aromatic N) is 2. The van der Waals surface area contributed by atoms with Crippen LogP contribution in [0.5, 0.6) is 11.5 Å². The molecule has 27 heavy (non-hydrogen) atoms. The lowest BCUT2D eigenvalue weighted by Crippen LogP contribution is -2.32. The molecule has 140 valence electrons. The van der Waals surface area contributed by atoms with E-state index in [2.05, 4.69) is 11.4 Å². The monoisotopic (exact) mass is 367 g/mol. The number of anilines is 2. The summed E-state index contributed by atoms with van der Waals surface area (Å²) in [5, 5.41) is 12.0. The molecule has 0 spiro atoms. The standard InChI is InChI=1S/C20H21N3O4/c1-14(24)23(18-7-5-4-6-15(18)13-21)11-10-20(25)22-17-9-8-16(26-2)12-19(17)27-3/h4-9,12H,10-11H2,1-3H3,(H,22,25). The number of hydrogen-bond acceptors (Lipinski definition) is 5. The Balaban J connectivity index is 2.09. The fraction of sp³-hybridized carbons (Fsp3) is 0.250. The van der Waals surface area contributed by atoms with Crippen molar-refractivity contribution in [3.8, 4) is 17.6 Å². The molecule has 0 fully saturated rings. The van der Waals surface area contributed by atoms with Gasteiger partial charge in [-0.25, -0.2) is 0 Å². The van der Waals surface area contributed by atoms with E-state index in [0.29, 0.717) is 28.4 Å². The van der Waals surface area contributed by atoms with E-state index >= 15 is 0 Å². The molecule has 0 bridgehead atoms. The van der Waals surface area contributed by atoms with Crippen LogP contribution in [0, 0.1) is 11.3 Å². The van der Waals surface area contributed by atoms with Crippen LogP contribution in [0.3, 0.4) is 0 Å². The fourth-order valence-corrected chi connectivity index (χ4v) is 2.58. The van der Waals surface area contributed by atoms with Crippen LogP contribution in [-0.2, 0) is 9.59 Å². The fourth-order valence-electron chi connectivity index (χ4n) is 2.58. The number of nitrogens with one attached hydrogen (secondary N) is 1. The Morgan fingerprint density at radius 2 is 1.89 bits per heavy atom. The van der Waals surface area contributed by atoms with Gasteiger partial charge in [0.15, 0.2) is 0 Å². The molecule has 0 saturated heterocycles. The van der Waals surface area contributed by atoms with Crippen molar-refractivity contribution in [2.75, 3.05) is 31.0 Å². The number of para-hydroxylation sites is 1. The number of carbonyl (C=O) groups excluding carboxylic acids is 2. The number of ether oxygens (including phenoxy) is 2. The molecular weight excluding hydrogens is 346 g/mol. The molecule has 0 heterocycles. The van der Waals surface area contributed by atoms with E-state index in [4.69, 9.17) is 9.47 Å². The van der Waals surface area contributed by atoms with Gasteiger partial charge in [-0.1, -0.05) is 12.1 Å². The molecule has 0 aliphatic carbocycles. The second kappa shape index (κ2) is 9.25. The third-order valence-corrected chi connectivity index (χ3v) is 3.94. The zero-order chi connectivity index (χ0) is 19.8. The number of methoxy groups -OCH3 is 2. The van der Waals surface area contributed by atoms with Crippen LogP contribution in [-0.4, -0.2) is 32.6 Å². The minimum absolute atomic E-state index is 0.0640. The van der Waals surface area contributed by atoms with E-state index < -0.39 is 0 Å². The summed E-state index contributed by atoms with van der Waals surface area (Å²) < 4.78 is 10.4. The predicted molar refractivity (Wildman–Crippen MR) is 102 cm³/mol. The Hall–Kier alpha value is -3.53. The van der Waals surface area contributed by atoms with Crippen molar-refractivity contribution in [2.45, 2.75) is 13.3 Å². The molecule has 2 amide bonds. The van der Waals surface area contributed by atoms with Gasteiger partial charge in [0.05, 0.1) is 31.2 Å². The lowest BCUT2D eigenvalue weighted by Gasteiger charge is -2.22. The largest absolute Gasteiger partial charge is 0.497 e. The second-order valence-electron chi connectivity index (χ2n) is 5.66. The number of hydrogen-bond donors (Lipinski definition) is 1. The molecule has 7 nitrogen and oxygen atoms in total. The number of amides is 2. The maximum absolute atomic E-state index is 12.3. The van der Waals surface area contributed by atoms with Crippen LogP contribution < -0.4 is 19.7 Å². The minimum atomic E-state index is -0.279. The molecule has 0 unspecified atom stereocenters. The van der Waals surface area contributed by atoms with Crippen molar-refractivity contribution in [1.29, 1.82) is 5.26 Å². The van der Waals surface area contributed by atoms with Crippen LogP contribution in [0.2, 0.25) is 0 Å². The highest BCUT2D eigenvalue weighted by molar-refractivity contribution is 5.96. The first kappa shape index (κ1) is 19.8. The van der Waals surface area contributed by atoms with Crippen molar-refractivity contribution < 1.29 is 19.1 Å². The average molecular weight is 367 g/mol. The van der Waals surface area contributed by atoms with Gasteiger partial charge in [0.1, 0.15) is 17.6 Å². The summed E-state index contributed by atoms with van der Waals surface area (Å²) >= 11 is 0. The van der Waals surface area contributed by atoms with E-state index in [1.165, 1.54) is 18.9 Å². The lowest BCUT2D eigenvalue weighted by molar-refractivity contribution is -0.117. The quantitative estimate of drug-likeness (QED) is 0.812. The molecule has 0 aliphatic heterocycles. The van der Waals surface area contributed by atoms with Crippen LogP contribution in [0.15, 0.2) is 42.5 Å². The Labute approximate surface area is 158 Å².